The SMILES string of the molecule is CC(=O)Nc1ccc(Nc2ncnc3c2cnn3-c2ccccn2)cc1. The van der Waals surface area contributed by atoms with Crippen molar-refractivity contribution in [2.24, 2.45) is 0 Å². The molecule has 26 heavy (non-hydrogen) atoms. The maximum Gasteiger partial charge on any atom is 0.221 e. The molecule has 0 aliphatic rings. The number of hydrogen-bond acceptors (Lipinski definition) is 6. The van der Waals surface area contributed by atoms with E-state index in [4.69, 9.17) is 0 Å². The van der Waals surface area contributed by atoms with Crippen molar-refractivity contribution in [3.63, 3.8) is 0 Å². The zero-order chi connectivity index (χ0) is 17.9. The molecule has 1 aromatic carbocycles. The van der Waals surface area contributed by atoms with Gasteiger partial charge in [-0.05, 0) is 36.4 Å². The molecule has 3 aromatic heterocycles. The molecule has 0 bridgehead atoms. The van der Waals surface area contributed by atoms with Gasteiger partial charge in [-0.15, -0.1) is 0 Å². The average molecular weight is 345 g/mol. The van der Waals surface area contributed by atoms with E-state index in [1.165, 1.54) is 13.3 Å². The van der Waals surface area contributed by atoms with Gasteiger partial charge in [0.05, 0.1) is 11.6 Å². The first kappa shape index (κ1) is 15.7. The van der Waals surface area contributed by atoms with Crippen LogP contribution in [0.2, 0.25) is 0 Å². The van der Waals surface area contributed by atoms with Gasteiger partial charge >= 0.3 is 0 Å². The highest BCUT2D eigenvalue weighted by Gasteiger charge is 2.11. The van der Waals surface area contributed by atoms with Crippen LogP contribution in [0.5, 0.6) is 0 Å². The van der Waals surface area contributed by atoms with E-state index in [1.54, 1.807) is 17.1 Å². The van der Waals surface area contributed by atoms with E-state index >= 15 is 0 Å². The Morgan fingerprint density at radius 1 is 1.00 bits per heavy atom. The number of hydrogen-bond donors (Lipinski definition) is 2. The van der Waals surface area contributed by atoms with E-state index < -0.39 is 0 Å². The Bertz CT molecular complexity index is 1060. The summed E-state index contributed by atoms with van der Waals surface area (Å²) >= 11 is 0. The number of aromatic nitrogens is 5. The fourth-order valence-electron chi connectivity index (χ4n) is 2.57. The minimum absolute atomic E-state index is 0.106. The molecule has 0 unspecified atom stereocenters. The van der Waals surface area contributed by atoms with E-state index in [2.05, 4.69) is 30.7 Å². The van der Waals surface area contributed by atoms with E-state index in [0.29, 0.717) is 17.3 Å². The Balaban J connectivity index is 1.65. The van der Waals surface area contributed by atoms with Crippen LogP contribution in [0.15, 0.2) is 61.2 Å². The maximum absolute atomic E-state index is 11.1. The number of pyridine rings is 1. The first-order valence-corrected chi connectivity index (χ1v) is 7.95. The maximum atomic E-state index is 11.1. The molecule has 0 fully saturated rings. The zero-order valence-electron chi connectivity index (χ0n) is 13.9. The average Bonchev–Trinajstić information content (AvgIpc) is 3.09. The number of benzene rings is 1. The number of fused-ring (bicyclic) bond motifs is 1. The highest BCUT2D eigenvalue weighted by molar-refractivity contribution is 5.90. The molecule has 3 heterocycles. The molecule has 0 saturated heterocycles. The molecular formula is C18H15N7O. The summed E-state index contributed by atoms with van der Waals surface area (Å²) in [6.45, 7) is 1.48. The number of anilines is 3. The summed E-state index contributed by atoms with van der Waals surface area (Å²) in [5, 5.41) is 11.1. The van der Waals surface area contributed by atoms with Crippen molar-refractivity contribution < 1.29 is 4.79 Å². The van der Waals surface area contributed by atoms with Crippen LogP contribution in [-0.4, -0.2) is 30.6 Å². The minimum atomic E-state index is -0.106. The lowest BCUT2D eigenvalue weighted by Gasteiger charge is -2.08. The van der Waals surface area contributed by atoms with Crippen molar-refractivity contribution in [1.29, 1.82) is 0 Å². The van der Waals surface area contributed by atoms with Crippen LogP contribution in [0, 0.1) is 0 Å². The molecule has 128 valence electrons. The largest absolute Gasteiger partial charge is 0.340 e. The van der Waals surface area contributed by atoms with E-state index in [0.717, 1.165) is 16.8 Å². The molecule has 8 nitrogen and oxygen atoms in total. The number of carbonyl (C=O) groups is 1. The van der Waals surface area contributed by atoms with Crippen molar-refractivity contribution in [3.8, 4) is 5.82 Å². The first-order valence-electron chi connectivity index (χ1n) is 7.95. The third-order valence-electron chi connectivity index (χ3n) is 3.70. The number of amides is 1. The standard InChI is InChI=1S/C18H15N7O/c1-12(26)23-13-5-7-14(8-6-13)24-17-15-10-22-25(18(15)21-11-20-17)16-4-2-3-9-19-16/h2-11H,1H3,(H,23,26)(H,20,21,24). The second kappa shape index (κ2) is 6.60. The molecule has 8 heteroatoms. The number of nitrogens with zero attached hydrogens (tertiary/aromatic N) is 5. The van der Waals surface area contributed by atoms with Crippen molar-refractivity contribution in [1.82, 2.24) is 24.7 Å². The Kier molecular flexibility index (Phi) is 3.98. The van der Waals surface area contributed by atoms with Gasteiger partial charge in [0.15, 0.2) is 11.5 Å². The molecule has 0 atom stereocenters. The fraction of sp³-hybridized carbons (Fsp3) is 0.0556. The van der Waals surface area contributed by atoms with Crippen LogP contribution in [0.4, 0.5) is 17.2 Å². The number of nitrogens with one attached hydrogen (secondary N) is 2. The second-order valence-corrected chi connectivity index (χ2v) is 5.59. The normalized spacial score (nSPS) is 10.7. The fourth-order valence-corrected chi connectivity index (χ4v) is 2.57. The lowest BCUT2D eigenvalue weighted by atomic mass is 10.2. The predicted octanol–water partition coefficient (Wildman–Crippen LogP) is 2.91. The summed E-state index contributed by atoms with van der Waals surface area (Å²) in [7, 11) is 0. The van der Waals surface area contributed by atoms with E-state index in [-0.39, 0.29) is 5.91 Å². The molecule has 0 aliphatic carbocycles. The Hall–Kier alpha value is -3.81. The van der Waals surface area contributed by atoms with Crippen molar-refractivity contribution in [2.75, 3.05) is 10.6 Å². The zero-order valence-corrected chi connectivity index (χ0v) is 13.9. The number of rotatable bonds is 4. The van der Waals surface area contributed by atoms with Gasteiger partial charge in [0.1, 0.15) is 12.1 Å². The van der Waals surface area contributed by atoms with Gasteiger partial charge in [-0.2, -0.15) is 9.78 Å². The number of carbonyl (C=O) groups excluding carboxylic acids is 1. The summed E-state index contributed by atoms with van der Waals surface area (Å²) in [4.78, 5) is 24.0. The van der Waals surface area contributed by atoms with Gasteiger partial charge < -0.3 is 10.6 Å². The highest BCUT2D eigenvalue weighted by atomic mass is 16.1. The lowest BCUT2D eigenvalue weighted by molar-refractivity contribution is -0.114. The summed E-state index contributed by atoms with van der Waals surface area (Å²) in [6.07, 6.45) is 4.90. The van der Waals surface area contributed by atoms with Crippen LogP contribution >= 0.6 is 0 Å². The van der Waals surface area contributed by atoms with Gasteiger partial charge in [-0.25, -0.2) is 15.0 Å². The van der Waals surface area contributed by atoms with Crippen LogP contribution in [0.1, 0.15) is 6.92 Å². The molecule has 2 N–H and O–H groups in total. The predicted molar refractivity (Wildman–Crippen MR) is 98.5 cm³/mol. The van der Waals surface area contributed by atoms with Crippen LogP contribution < -0.4 is 10.6 Å². The lowest BCUT2D eigenvalue weighted by Crippen LogP contribution is -2.05. The molecule has 0 spiro atoms. The molecule has 0 radical (unpaired) electrons. The first-order chi connectivity index (χ1) is 12.7. The summed E-state index contributed by atoms with van der Waals surface area (Å²) in [5.74, 6) is 1.22. The summed E-state index contributed by atoms with van der Waals surface area (Å²) in [6, 6.07) is 13.0. The minimum Gasteiger partial charge on any atom is -0.340 e. The topological polar surface area (TPSA) is 97.6 Å². The summed E-state index contributed by atoms with van der Waals surface area (Å²) in [5.41, 5.74) is 2.24. The quantitative estimate of drug-likeness (QED) is 0.590. The molecule has 0 saturated carbocycles. The van der Waals surface area contributed by atoms with E-state index in [1.807, 2.05) is 42.5 Å². The molecule has 4 rings (SSSR count). The van der Waals surface area contributed by atoms with Crippen LogP contribution in [0.3, 0.4) is 0 Å². The molecular weight excluding hydrogens is 330 g/mol. The summed E-state index contributed by atoms with van der Waals surface area (Å²) < 4.78 is 1.67. The third kappa shape index (κ3) is 3.07. The third-order valence-corrected chi connectivity index (χ3v) is 3.70. The van der Waals surface area contributed by atoms with Crippen molar-refractivity contribution in [2.45, 2.75) is 6.92 Å². The van der Waals surface area contributed by atoms with Crippen LogP contribution in [0.25, 0.3) is 16.9 Å². The Morgan fingerprint density at radius 3 is 2.54 bits per heavy atom. The second-order valence-electron chi connectivity index (χ2n) is 5.59. The van der Waals surface area contributed by atoms with Gasteiger partial charge in [0, 0.05) is 24.5 Å². The van der Waals surface area contributed by atoms with Crippen molar-refractivity contribution >= 4 is 34.1 Å². The van der Waals surface area contributed by atoms with Gasteiger partial charge in [-0.3, -0.25) is 4.79 Å². The van der Waals surface area contributed by atoms with E-state index in [9.17, 15) is 4.79 Å². The smallest absolute Gasteiger partial charge is 0.221 e. The highest BCUT2D eigenvalue weighted by Crippen LogP contribution is 2.24. The monoisotopic (exact) mass is 345 g/mol. The van der Waals surface area contributed by atoms with Gasteiger partial charge in [0.25, 0.3) is 0 Å². The molecule has 1 amide bonds. The van der Waals surface area contributed by atoms with Crippen molar-refractivity contribution in [3.05, 3.63) is 61.2 Å². The van der Waals surface area contributed by atoms with Gasteiger partial charge in [0.2, 0.25) is 5.91 Å². The van der Waals surface area contributed by atoms with Gasteiger partial charge in [-0.1, -0.05) is 6.07 Å². The molecule has 4 aromatic rings. The molecule has 0 aliphatic heterocycles. The Labute approximate surface area is 148 Å². The van der Waals surface area contributed by atoms with Crippen LogP contribution in [-0.2, 0) is 4.79 Å². The Morgan fingerprint density at radius 2 is 1.81 bits per heavy atom.